The number of sulfone groups is 1. The summed E-state index contributed by atoms with van der Waals surface area (Å²) in [4.78, 5) is 25.8. The standard InChI is InChI=1S/C15H23NO5S2/c17-14(8-22-11-5-6-23(20,21)9-11)16-12-4-2-1-3-10(12)7-13(16)15(18)19/h10-13H,1-9H2,(H,18,19). The molecule has 1 saturated carbocycles. The molecule has 1 N–H and O–H groups in total. The number of amides is 1. The number of carboxylic acids is 1. The third-order valence-electron chi connectivity index (χ3n) is 5.29. The number of carboxylic acid groups (broad SMARTS) is 1. The lowest BCUT2D eigenvalue weighted by atomic mass is 9.85. The molecule has 0 bridgehead atoms. The Morgan fingerprint density at radius 2 is 1.91 bits per heavy atom. The highest BCUT2D eigenvalue weighted by Crippen LogP contribution is 2.40. The first-order valence-electron chi connectivity index (χ1n) is 8.23. The lowest BCUT2D eigenvalue weighted by Crippen LogP contribution is -2.47. The first kappa shape index (κ1) is 17.1. The molecular weight excluding hydrogens is 338 g/mol. The minimum Gasteiger partial charge on any atom is -0.480 e. The molecule has 2 heterocycles. The Kier molecular flexibility index (Phi) is 4.92. The largest absolute Gasteiger partial charge is 0.480 e. The fourth-order valence-electron chi connectivity index (χ4n) is 4.20. The molecule has 6 nitrogen and oxygen atoms in total. The van der Waals surface area contributed by atoms with Gasteiger partial charge in [-0.1, -0.05) is 12.8 Å². The summed E-state index contributed by atoms with van der Waals surface area (Å²) in [7, 11) is -2.95. The van der Waals surface area contributed by atoms with Crippen LogP contribution in [0.5, 0.6) is 0 Å². The molecule has 1 amide bonds. The quantitative estimate of drug-likeness (QED) is 0.808. The number of nitrogens with zero attached hydrogens (tertiary/aromatic N) is 1. The molecular formula is C15H23NO5S2. The molecule has 130 valence electrons. The molecule has 0 aromatic rings. The van der Waals surface area contributed by atoms with E-state index in [0.717, 1.165) is 25.7 Å². The monoisotopic (exact) mass is 361 g/mol. The fraction of sp³-hybridized carbons (Fsp3) is 0.867. The van der Waals surface area contributed by atoms with Crippen molar-refractivity contribution in [1.29, 1.82) is 0 Å². The molecule has 2 saturated heterocycles. The Labute approximate surface area is 140 Å². The van der Waals surface area contributed by atoms with E-state index in [1.807, 2.05) is 0 Å². The zero-order valence-corrected chi connectivity index (χ0v) is 14.7. The Balaban J connectivity index is 1.63. The maximum Gasteiger partial charge on any atom is 0.326 e. The van der Waals surface area contributed by atoms with E-state index < -0.39 is 21.8 Å². The highest BCUT2D eigenvalue weighted by atomic mass is 32.2. The lowest BCUT2D eigenvalue weighted by molar-refractivity contribution is -0.148. The van der Waals surface area contributed by atoms with Gasteiger partial charge in [0.15, 0.2) is 9.84 Å². The number of likely N-dealkylation sites (tertiary alicyclic amines) is 1. The molecule has 8 heteroatoms. The van der Waals surface area contributed by atoms with Crippen molar-refractivity contribution < 1.29 is 23.1 Å². The van der Waals surface area contributed by atoms with Crippen LogP contribution in [-0.4, -0.2) is 64.9 Å². The first-order valence-corrected chi connectivity index (χ1v) is 11.1. The Hall–Kier alpha value is -0.760. The Morgan fingerprint density at radius 3 is 2.57 bits per heavy atom. The van der Waals surface area contributed by atoms with Gasteiger partial charge in [0.05, 0.1) is 17.3 Å². The summed E-state index contributed by atoms with van der Waals surface area (Å²) in [6.07, 6.45) is 5.22. The molecule has 3 fully saturated rings. The van der Waals surface area contributed by atoms with Gasteiger partial charge in [-0.25, -0.2) is 13.2 Å². The van der Waals surface area contributed by atoms with Crippen molar-refractivity contribution in [2.45, 2.75) is 55.9 Å². The van der Waals surface area contributed by atoms with Gasteiger partial charge in [-0.15, -0.1) is 11.8 Å². The predicted octanol–water partition coefficient (Wildman–Crippen LogP) is 1.15. The van der Waals surface area contributed by atoms with E-state index in [1.54, 1.807) is 4.90 Å². The zero-order chi connectivity index (χ0) is 16.6. The van der Waals surface area contributed by atoms with Gasteiger partial charge in [-0.3, -0.25) is 4.79 Å². The van der Waals surface area contributed by atoms with Crippen molar-refractivity contribution in [3.8, 4) is 0 Å². The van der Waals surface area contributed by atoms with Gasteiger partial charge >= 0.3 is 5.97 Å². The van der Waals surface area contributed by atoms with Crippen molar-refractivity contribution in [3.05, 3.63) is 0 Å². The molecule has 0 aromatic carbocycles. The minimum atomic E-state index is -2.95. The molecule has 0 radical (unpaired) electrons. The summed E-state index contributed by atoms with van der Waals surface area (Å²) in [5, 5.41) is 9.42. The van der Waals surface area contributed by atoms with Crippen LogP contribution in [0, 0.1) is 5.92 Å². The summed E-state index contributed by atoms with van der Waals surface area (Å²) in [6.45, 7) is 0. The van der Waals surface area contributed by atoms with Crippen LogP contribution in [0.3, 0.4) is 0 Å². The topological polar surface area (TPSA) is 91.8 Å². The second-order valence-electron chi connectivity index (χ2n) is 6.84. The number of hydrogen-bond donors (Lipinski definition) is 1. The number of carbonyl (C=O) groups is 2. The maximum absolute atomic E-state index is 12.6. The van der Waals surface area contributed by atoms with Gasteiger partial charge in [-0.2, -0.15) is 0 Å². The van der Waals surface area contributed by atoms with Crippen LogP contribution in [0.25, 0.3) is 0 Å². The average molecular weight is 361 g/mol. The number of fused-ring (bicyclic) bond motifs is 1. The highest BCUT2D eigenvalue weighted by Gasteiger charge is 2.47. The molecule has 0 spiro atoms. The third-order valence-corrected chi connectivity index (χ3v) is 8.56. The van der Waals surface area contributed by atoms with Crippen LogP contribution in [-0.2, 0) is 19.4 Å². The van der Waals surface area contributed by atoms with E-state index in [4.69, 9.17) is 0 Å². The first-order chi connectivity index (χ1) is 10.9. The van der Waals surface area contributed by atoms with Crippen LogP contribution >= 0.6 is 11.8 Å². The van der Waals surface area contributed by atoms with Gasteiger partial charge in [-0.05, 0) is 31.6 Å². The summed E-state index contributed by atoms with van der Waals surface area (Å²) >= 11 is 1.37. The number of rotatable bonds is 4. The van der Waals surface area contributed by atoms with Crippen LogP contribution in [0.2, 0.25) is 0 Å². The van der Waals surface area contributed by atoms with Gasteiger partial charge in [0.2, 0.25) is 5.91 Å². The van der Waals surface area contributed by atoms with Crippen LogP contribution in [0.1, 0.15) is 38.5 Å². The molecule has 3 rings (SSSR count). The van der Waals surface area contributed by atoms with Crippen molar-refractivity contribution in [1.82, 2.24) is 4.90 Å². The number of aliphatic carboxylic acids is 1. The molecule has 1 aliphatic carbocycles. The second-order valence-corrected chi connectivity index (χ2v) is 10.4. The van der Waals surface area contributed by atoms with Gasteiger partial charge in [0, 0.05) is 11.3 Å². The second kappa shape index (κ2) is 6.63. The van der Waals surface area contributed by atoms with Crippen molar-refractivity contribution >= 4 is 33.5 Å². The van der Waals surface area contributed by atoms with Crippen molar-refractivity contribution in [3.63, 3.8) is 0 Å². The lowest BCUT2D eigenvalue weighted by Gasteiger charge is -2.33. The number of hydrogen-bond acceptors (Lipinski definition) is 5. The normalized spacial score (nSPS) is 35.9. The Morgan fingerprint density at radius 1 is 1.17 bits per heavy atom. The van der Waals surface area contributed by atoms with Crippen molar-refractivity contribution in [2.24, 2.45) is 5.92 Å². The smallest absolute Gasteiger partial charge is 0.326 e. The summed E-state index contributed by atoms with van der Waals surface area (Å²) in [5.41, 5.74) is 0. The summed E-state index contributed by atoms with van der Waals surface area (Å²) in [6, 6.07) is -0.645. The van der Waals surface area contributed by atoms with E-state index in [9.17, 15) is 23.1 Å². The summed E-state index contributed by atoms with van der Waals surface area (Å²) in [5.74, 6) is -0.217. The van der Waals surface area contributed by atoms with E-state index in [2.05, 4.69) is 0 Å². The average Bonchev–Trinajstić information content (AvgIpc) is 3.05. The molecule has 4 unspecified atom stereocenters. The molecule has 0 aromatic heterocycles. The van der Waals surface area contributed by atoms with Gasteiger partial charge in [0.1, 0.15) is 6.04 Å². The maximum atomic E-state index is 12.6. The van der Waals surface area contributed by atoms with E-state index in [-0.39, 0.29) is 34.5 Å². The summed E-state index contributed by atoms with van der Waals surface area (Å²) < 4.78 is 23.0. The van der Waals surface area contributed by atoms with Crippen LogP contribution < -0.4 is 0 Å². The van der Waals surface area contributed by atoms with Crippen molar-refractivity contribution in [2.75, 3.05) is 17.3 Å². The zero-order valence-electron chi connectivity index (χ0n) is 13.0. The van der Waals surface area contributed by atoms with Gasteiger partial charge in [0.25, 0.3) is 0 Å². The number of thioether (sulfide) groups is 1. The molecule has 2 aliphatic heterocycles. The molecule has 3 aliphatic rings. The number of carbonyl (C=O) groups excluding carboxylic acids is 1. The van der Waals surface area contributed by atoms with E-state index in [0.29, 0.717) is 18.8 Å². The molecule has 4 atom stereocenters. The van der Waals surface area contributed by atoms with E-state index in [1.165, 1.54) is 11.8 Å². The van der Waals surface area contributed by atoms with Gasteiger partial charge < -0.3 is 10.0 Å². The predicted molar refractivity (Wildman–Crippen MR) is 88.1 cm³/mol. The minimum absolute atomic E-state index is 0.0306. The highest BCUT2D eigenvalue weighted by molar-refractivity contribution is 8.02. The van der Waals surface area contributed by atoms with Crippen LogP contribution in [0.4, 0.5) is 0 Å². The third kappa shape index (κ3) is 3.68. The fourth-order valence-corrected chi connectivity index (χ4v) is 7.71. The Bertz CT molecular complexity index is 591. The SMILES string of the molecule is O=C(O)C1CC2CCCCC2N1C(=O)CSC1CCS(=O)(=O)C1. The van der Waals surface area contributed by atoms with E-state index >= 15 is 0 Å². The molecule has 23 heavy (non-hydrogen) atoms. The van der Waals surface area contributed by atoms with Crippen LogP contribution in [0.15, 0.2) is 0 Å².